The van der Waals surface area contributed by atoms with Crippen LogP contribution < -0.4 is 15.0 Å². The minimum atomic E-state index is -4.74. The fraction of sp³-hybridized carbons (Fsp3) is 0.409. The van der Waals surface area contributed by atoms with Crippen LogP contribution in [0.2, 0.25) is 0 Å². The number of benzene rings is 1. The van der Waals surface area contributed by atoms with Crippen molar-refractivity contribution in [2.75, 3.05) is 43.4 Å². The minimum absolute atomic E-state index is 0.122. The highest BCUT2D eigenvalue weighted by atomic mass is 19.4. The number of carbonyl (C=O) groups is 1. The second-order valence-corrected chi connectivity index (χ2v) is 8.07. The van der Waals surface area contributed by atoms with Gasteiger partial charge in [-0.1, -0.05) is 12.1 Å². The number of anilines is 2. The van der Waals surface area contributed by atoms with Crippen molar-refractivity contribution in [2.24, 2.45) is 0 Å². The van der Waals surface area contributed by atoms with E-state index in [1.165, 1.54) is 30.5 Å². The Balaban J connectivity index is 1.36. The first-order valence-corrected chi connectivity index (χ1v) is 10.8. The molecule has 0 spiro atoms. The average molecular weight is 475 g/mol. The maximum absolute atomic E-state index is 12.4. The van der Waals surface area contributed by atoms with Crippen LogP contribution in [0, 0.1) is 6.92 Å². The van der Waals surface area contributed by atoms with Gasteiger partial charge in [0, 0.05) is 32.6 Å². The zero-order chi connectivity index (χ0) is 24.3. The lowest BCUT2D eigenvalue weighted by Crippen LogP contribution is -2.45. The van der Waals surface area contributed by atoms with Gasteiger partial charge >= 0.3 is 6.36 Å². The molecular weight excluding hydrogens is 451 g/mol. The Kier molecular flexibility index (Phi) is 6.77. The molecule has 1 aromatic carbocycles. The fourth-order valence-corrected chi connectivity index (χ4v) is 3.56. The molecule has 3 aromatic rings. The number of ether oxygens (including phenoxy) is 1. The number of hydrogen-bond acceptors (Lipinski definition) is 8. The van der Waals surface area contributed by atoms with Gasteiger partial charge in [0.2, 0.25) is 11.9 Å². The van der Waals surface area contributed by atoms with Crippen molar-refractivity contribution in [3.63, 3.8) is 0 Å². The van der Waals surface area contributed by atoms with Crippen LogP contribution in [-0.4, -0.2) is 70.3 Å². The Morgan fingerprint density at radius 1 is 1.09 bits per heavy atom. The van der Waals surface area contributed by atoms with Gasteiger partial charge in [0.15, 0.2) is 11.5 Å². The Labute approximate surface area is 194 Å². The number of aryl methyl sites for hydroxylation is 2. The van der Waals surface area contributed by atoms with Crippen LogP contribution in [0.25, 0.3) is 11.2 Å². The summed E-state index contributed by atoms with van der Waals surface area (Å²) in [4.78, 5) is 34.6. The number of amides is 1. The maximum atomic E-state index is 12.4. The topological polar surface area (TPSA) is 96.4 Å². The molecule has 1 saturated heterocycles. The molecule has 34 heavy (non-hydrogen) atoms. The molecule has 2 aromatic heterocycles. The average Bonchev–Trinajstić information content (AvgIpc) is 2.78. The summed E-state index contributed by atoms with van der Waals surface area (Å²) in [7, 11) is 2.08. The second kappa shape index (κ2) is 9.75. The summed E-state index contributed by atoms with van der Waals surface area (Å²) in [6, 6.07) is 5.41. The van der Waals surface area contributed by atoms with Crippen molar-refractivity contribution >= 4 is 28.8 Å². The van der Waals surface area contributed by atoms with Crippen LogP contribution in [0.5, 0.6) is 5.75 Å². The summed E-state index contributed by atoms with van der Waals surface area (Å²) in [6.07, 6.45) is -2.83. The molecule has 1 fully saturated rings. The van der Waals surface area contributed by atoms with Gasteiger partial charge < -0.3 is 19.9 Å². The molecule has 0 radical (unpaired) electrons. The summed E-state index contributed by atoms with van der Waals surface area (Å²) in [6.45, 7) is 5.36. The number of likely N-dealkylation sites (N-methyl/N-ethyl adjacent to an activating group) is 1. The van der Waals surface area contributed by atoms with Crippen LogP contribution in [0.3, 0.4) is 0 Å². The molecule has 9 nitrogen and oxygen atoms in total. The summed E-state index contributed by atoms with van der Waals surface area (Å²) < 4.78 is 40.6. The number of alkyl halides is 3. The van der Waals surface area contributed by atoms with Crippen molar-refractivity contribution in [3.8, 4) is 5.75 Å². The first kappa shape index (κ1) is 23.6. The van der Waals surface area contributed by atoms with Gasteiger partial charge in [0.1, 0.15) is 11.3 Å². The number of aromatic nitrogens is 4. The third-order valence-corrected chi connectivity index (χ3v) is 5.42. The van der Waals surface area contributed by atoms with Crippen LogP contribution >= 0.6 is 0 Å². The van der Waals surface area contributed by atoms with E-state index >= 15 is 0 Å². The molecule has 4 rings (SSSR count). The van der Waals surface area contributed by atoms with E-state index in [9.17, 15) is 18.0 Å². The smallest absolute Gasteiger partial charge is 0.406 e. The lowest BCUT2D eigenvalue weighted by molar-refractivity contribution is -0.274. The second-order valence-electron chi connectivity index (χ2n) is 8.07. The first-order valence-electron chi connectivity index (χ1n) is 10.8. The maximum Gasteiger partial charge on any atom is 0.573 e. The number of rotatable bonds is 6. The quantitative estimate of drug-likeness (QED) is 0.582. The standard InChI is InChI=1S/C22H24F3N7O2/c1-14-19-20(30-21(27-14)32-11-9-31(2)10-12-32)26-13-17(29-19)28-18(33)8-5-15-3-6-16(7-4-15)34-22(23,24)25/h3-4,6-7,13H,5,8-12H2,1-2H3,(H,28,29,33). The molecule has 1 amide bonds. The van der Waals surface area contributed by atoms with Crippen LogP contribution in [0.1, 0.15) is 17.7 Å². The molecule has 3 heterocycles. The zero-order valence-electron chi connectivity index (χ0n) is 18.8. The molecule has 180 valence electrons. The summed E-state index contributed by atoms with van der Waals surface area (Å²) >= 11 is 0. The van der Waals surface area contributed by atoms with E-state index in [0.717, 1.165) is 26.2 Å². The van der Waals surface area contributed by atoms with E-state index in [1.54, 1.807) is 0 Å². The highest BCUT2D eigenvalue weighted by Crippen LogP contribution is 2.23. The highest BCUT2D eigenvalue weighted by molar-refractivity contribution is 5.90. The molecule has 0 saturated carbocycles. The molecule has 0 aliphatic carbocycles. The Morgan fingerprint density at radius 2 is 1.79 bits per heavy atom. The predicted octanol–water partition coefficient (Wildman–Crippen LogP) is 2.95. The van der Waals surface area contributed by atoms with Crippen molar-refractivity contribution in [1.82, 2.24) is 24.8 Å². The third kappa shape index (κ3) is 6.07. The van der Waals surface area contributed by atoms with Crippen LogP contribution in [-0.2, 0) is 11.2 Å². The molecule has 1 aliphatic heterocycles. The third-order valence-electron chi connectivity index (χ3n) is 5.42. The van der Waals surface area contributed by atoms with Gasteiger partial charge in [0.05, 0.1) is 11.9 Å². The molecular formula is C22H24F3N7O2. The SMILES string of the molecule is Cc1nc(N2CCN(C)CC2)nc2ncc(NC(=O)CCc3ccc(OC(F)(F)F)cc3)nc12. The van der Waals surface area contributed by atoms with Crippen LogP contribution in [0.15, 0.2) is 30.5 Å². The van der Waals surface area contributed by atoms with Gasteiger partial charge in [-0.05, 0) is 38.1 Å². The lowest BCUT2D eigenvalue weighted by Gasteiger charge is -2.32. The molecule has 0 atom stereocenters. The number of piperazine rings is 1. The number of carbonyl (C=O) groups excluding carboxylic acids is 1. The summed E-state index contributed by atoms with van der Waals surface area (Å²) in [5.41, 5.74) is 2.34. The number of hydrogen-bond donors (Lipinski definition) is 1. The Morgan fingerprint density at radius 3 is 2.47 bits per heavy atom. The van der Waals surface area contributed by atoms with Gasteiger partial charge in [-0.3, -0.25) is 4.79 Å². The van der Waals surface area contributed by atoms with E-state index in [4.69, 9.17) is 0 Å². The van der Waals surface area contributed by atoms with Crippen molar-refractivity contribution < 1.29 is 22.7 Å². The van der Waals surface area contributed by atoms with Gasteiger partial charge in [-0.15, -0.1) is 13.2 Å². The molecule has 1 N–H and O–H groups in total. The van der Waals surface area contributed by atoms with E-state index < -0.39 is 6.36 Å². The minimum Gasteiger partial charge on any atom is -0.406 e. The van der Waals surface area contributed by atoms with Gasteiger partial charge in [0.25, 0.3) is 0 Å². The van der Waals surface area contributed by atoms with Gasteiger partial charge in [-0.2, -0.15) is 4.98 Å². The summed E-state index contributed by atoms with van der Waals surface area (Å²) in [5.74, 6) is 0.304. The van der Waals surface area contributed by atoms with Crippen LogP contribution in [0.4, 0.5) is 24.9 Å². The Hall–Kier alpha value is -3.54. The monoisotopic (exact) mass is 475 g/mol. The number of nitrogens with one attached hydrogen (secondary N) is 1. The Bertz CT molecular complexity index is 1160. The first-order chi connectivity index (χ1) is 16.2. The zero-order valence-corrected chi connectivity index (χ0v) is 18.8. The largest absolute Gasteiger partial charge is 0.573 e. The normalized spacial score (nSPS) is 14.9. The van der Waals surface area contributed by atoms with E-state index in [1.807, 2.05) is 6.92 Å². The highest BCUT2D eigenvalue weighted by Gasteiger charge is 2.31. The number of fused-ring (bicyclic) bond motifs is 1. The molecule has 1 aliphatic rings. The van der Waals surface area contributed by atoms with Crippen molar-refractivity contribution in [1.29, 1.82) is 0 Å². The number of halogens is 3. The van der Waals surface area contributed by atoms with E-state index in [0.29, 0.717) is 34.8 Å². The van der Waals surface area contributed by atoms with E-state index in [-0.39, 0.29) is 23.9 Å². The van der Waals surface area contributed by atoms with E-state index in [2.05, 4.69) is 46.8 Å². The molecule has 12 heteroatoms. The molecule has 0 bridgehead atoms. The van der Waals surface area contributed by atoms with Crippen molar-refractivity contribution in [2.45, 2.75) is 26.1 Å². The van der Waals surface area contributed by atoms with Gasteiger partial charge in [-0.25, -0.2) is 15.0 Å². The number of nitrogens with zero attached hydrogens (tertiary/aromatic N) is 6. The summed E-state index contributed by atoms with van der Waals surface area (Å²) in [5, 5.41) is 2.70. The van der Waals surface area contributed by atoms with Crippen molar-refractivity contribution in [3.05, 3.63) is 41.7 Å². The molecule has 0 unspecified atom stereocenters. The predicted molar refractivity (Wildman–Crippen MR) is 120 cm³/mol. The lowest BCUT2D eigenvalue weighted by atomic mass is 10.1. The fourth-order valence-electron chi connectivity index (χ4n) is 3.56.